The van der Waals surface area contributed by atoms with E-state index in [1.165, 1.54) is 24.3 Å². The minimum Gasteiger partial charge on any atom is -0.478 e. The number of carboxylic acids is 1. The average Bonchev–Trinajstić information content (AvgIpc) is 2.48. The predicted molar refractivity (Wildman–Crippen MR) is 78.7 cm³/mol. The van der Waals surface area contributed by atoms with Crippen LogP contribution in [0.15, 0.2) is 48.5 Å². The first-order valence-electron chi connectivity index (χ1n) is 6.57. The van der Waals surface area contributed by atoms with Gasteiger partial charge in [-0.3, -0.25) is 0 Å². The molecule has 23 heavy (non-hydrogen) atoms. The minimum atomic E-state index is -4.43. The number of halogens is 4. The van der Waals surface area contributed by atoms with E-state index in [9.17, 15) is 23.1 Å². The Bertz CT molecular complexity index is 666. The number of alkyl halides is 3. The smallest absolute Gasteiger partial charge is 0.416 e. The topological polar surface area (TPSA) is 46.5 Å². The fourth-order valence-electron chi connectivity index (χ4n) is 1.90. The van der Waals surface area contributed by atoms with Crippen molar-refractivity contribution < 1.29 is 27.8 Å². The first kappa shape index (κ1) is 17.1. The van der Waals surface area contributed by atoms with Crippen molar-refractivity contribution in [3.8, 4) is 5.75 Å². The van der Waals surface area contributed by atoms with Gasteiger partial charge < -0.3 is 9.84 Å². The summed E-state index contributed by atoms with van der Waals surface area (Å²) in [4.78, 5) is 11.3. The second kappa shape index (κ2) is 6.91. The highest BCUT2D eigenvalue weighted by Crippen LogP contribution is 2.29. The summed E-state index contributed by atoms with van der Waals surface area (Å²) in [7, 11) is 0. The monoisotopic (exact) mass is 344 g/mol. The van der Waals surface area contributed by atoms with Crippen LogP contribution in [0.1, 0.15) is 11.1 Å². The Hall–Kier alpha value is -2.21. The second-order valence-corrected chi connectivity index (χ2v) is 5.23. The summed E-state index contributed by atoms with van der Waals surface area (Å²) in [5.41, 5.74) is -0.355. The molecule has 0 saturated heterocycles. The Morgan fingerprint density at radius 1 is 1.09 bits per heavy atom. The number of carboxylic acid groups (broad SMARTS) is 1. The maximum absolute atomic E-state index is 12.5. The Morgan fingerprint density at radius 3 is 2.13 bits per heavy atom. The average molecular weight is 345 g/mol. The molecule has 7 heteroatoms. The van der Waals surface area contributed by atoms with Crippen LogP contribution in [-0.2, 0) is 17.4 Å². The number of hydrogen-bond acceptors (Lipinski definition) is 2. The Labute approximate surface area is 135 Å². The molecule has 2 aromatic carbocycles. The van der Waals surface area contributed by atoms with E-state index in [0.717, 1.165) is 12.1 Å². The van der Waals surface area contributed by atoms with Gasteiger partial charge in [0, 0.05) is 11.4 Å². The molecule has 0 aliphatic carbocycles. The number of hydrogen-bond donors (Lipinski definition) is 1. The lowest BCUT2D eigenvalue weighted by Gasteiger charge is -2.16. The summed E-state index contributed by atoms with van der Waals surface area (Å²) in [5.74, 6) is -0.895. The molecule has 0 aliphatic heterocycles. The molecule has 0 radical (unpaired) electrons. The molecule has 0 bridgehead atoms. The zero-order valence-electron chi connectivity index (χ0n) is 11.7. The molecule has 1 N–H and O–H groups in total. The van der Waals surface area contributed by atoms with Crippen molar-refractivity contribution in [1.82, 2.24) is 0 Å². The summed E-state index contributed by atoms with van der Waals surface area (Å²) in [6, 6.07) is 10.4. The number of aliphatic carboxylic acids is 1. The van der Waals surface area contributed by atoms with E-state index in [-0.39, 0.29) is 6.42 Å². The zero-order valence-corrected chi connectivity index (χ0v) is 12.4. The van der Waals surface area contributed by atoms with E-state index in [0.29, 0.717) is 16.3 Å². The van der Waals surface area contributed by atoms with E-state index in [4.69, 9.17) is 16.3 Å². The molecular formula is C16H12ClF3O3. The molecule has 0 aromatic heterocycles. The van der Waals surface area contributed by atoms with Crippen LogP contribution in [0.5, 0.6) is 5.75 Å². The molecular weight excluding hydrogens is 333 g/mol. The molecule has 3 nitrogen and oxygen atoms in total. The molecule has 2 aromatic rings. The maximum Gasteiger partial charge on any atom is 0.416 e. The quantitative estimate of drug-likeness (QED) is 0.872. The summed E-state index contributed by atoms with van der Waals surface area (Å²) < 4.78 is 42.9. The molecule has 2 rings (SSSR count). The van der Waals surface area contributed by atoms with Crippen LogP contribution in [0.3, 0.4) is 0 Å². The van der Waals surface area contributed by atoms with Gasteiger partial charge in [0.15, 0.2) is 6.10 Å². The fraction of sp³-hybridized carbons (Fsp3) is 0.188. The third-order valence-electron chi connectivity index (χ3n) is 3.07. The molecule has 0 amide bonds. The van der Waals surface area contributed by atoms with E-state index in [2.05, 4.69) is 0 Å². The maximum atomic E-state index is 12.5. The molecule has 0 fully saturated rings. The van der Waals surface area contributed by atoms with E-state index >= 15 is 0 Å². The number of carbonyl (C=O) groups is 1. The minimum absolute atomic E-state index is 0.0594. The van der Waals surface area contributed by atoms with Crippen molar-refractivity contribution >= 4 is 17.6 Å². The summed E-state index contributed by atoms with van der Waals surface area (Å²) in [6.07, 6.45) is -5.70. The predicted octanol–water partition coefficient (Wildman–Crippen LogP) is 4.43. The van der Waals surface area contributed by atoms with Crippen molar-refractivity contribution in [2.24, 2.45) is 0 Å². The van der Waals surface area contributed by atoms with Gasteiger partial charge >= 0.3 is 12.1 Å². The normalized spacial score (nSPS) is 12.7. The molecule has 122 valence electrons. The molecule has 0 aliphatic rings. The molecule has 0 heterocycles. The highest BCUT2D eigenvalue weighted by Gasteiger charge is 2.30. The van der Waals surface area contributed by atoms with Crippen LogP contribution < -0.4 is 4.74 Å². The number of benzene rings is 2. The van der Waals surface area contributed by atoms with E-state index < -0.39 is 23.8 Å². The van der Waals surface area contributed by atoms with E-state index in [1.54, 1.807) is 12.1 Å². The summed E-state index contributed by atoms with van der Waals surface area (Å²) in [6.45, 7) is 0. The molecule has 1 atom stereocenters. The summed E-state index contributed by atoms with van der Waals surface area (Å²) >= 11 is 5.73. The van der Waals surface area contributed by atoms with Crippen LogP contribution >= 0.6 is 11.6 Å². The molecule has 0 unspecified atom stereocenters. The molecule has 0 spiro atoms. The van der Waals surface area contributed by atoms with Gasteiger partial charge in [0.25, 0.3) is 0 Å². The van der Waals surface area contributed by atoms with Crippen molar-refractivity contribution in [3.05, 3.63) is 64.7 Å². The highest BCUT2D eigenvalue weighted by molar-refractivity contribution is 6.30. The van der Waals surface area contributed by atoms with Crippen LogP contribution in [0.4, 0.5) is 13.2 Å². The van der Waals surface area contributed by atoms with Gasteiger partial charge in [-0.2, -0.15) is 13.2 Å². The van der Waals surface area contributed by atoms with Gasteiger partial charge in [0.2, 0.25) is 0 Å². The van der Waals surface area contributed by atoms with Gasteiger partial charge in [-0.05, 0) is 42.0 Å². The third kappa shape index (κ3) is 4.89. The molecule has 0 saturated carbocycles. The standard InChI is InChI=1S/C16H12ClF3O3/c17-12-5-7-13(8-6-12)23-14(15(21)22)9-10-1-3-11(4-2-10)16(18,19)20/h1-8,14H,9H2,(H,21,22)/t14-/m0/s1. The SMILES string of the molecule is O=C(O)[C@H](Cc1ccc(C(F)(F)F)cc1)Oc1ccc(Cl)cc1. The second-order valence-electron chi connectivity index (χ2n) is 4.80. The highest BCUT2D eigenvalue weighted by atomic mass is 35.5. The van der Waals surface area contributed by atoms with Crippen molar-refractivity contribution in [2.45, 2.75) is 18.7 Å². The van der Waals surface area contributed by atoms with Gasteiger partial charge in [-0.15, -0.1) is 0 Å². The van der Waals surface area contributed by atoms with E-state index in [1.807, 2.05) is 0 Å². The van der Waals surface area contributed by atoms with Gasteiger partial charge in [0.05, 0.1) is 5.56 Å². The van der Waals surface area contributed by atoms with Crippen molar-refractivity contribution in [2.75, 3.05) is 0 Å². The largest absolute Gasteiger partial charge is 0.478 e. The lowest BCUT2D eigenvalue weighted by Crippen LogP contribution is -2.29. The first-order valence-corrected chi connectivity index (χ1v) is 6.94. The Morgan fingerprint density at radius 2 is 1.65 bits per heavy atom. The van der Waals surface area contributed by atoms with Crippen molar-refractivity contribution in [1.29, 1.82) is 0 Å². The lowest BCUT2D eigenvalue weighted by atomic mass is 10.1. The number of rotatable bonds is 5. The van der Waals surface area contributed by atoms with Crippen molar-refractivity contribution in [3.63, 3.8) is 0 Å². The summed E-state index contributed by atoms with van der Waals surface area (Å²) in [5, 5.41) is 9.68. The van der Waals surface area contributed by atoms with Gasteiger partial charge in [-0.25, -0.2) is 4.79 Å². The lowest BCUT2D eigenvalue weighted by molar-refractivity contribution is -0.145. The van der Waals surface area contributed by atoms with Crippen LogP contribution in [0, 0.1) is 0 Å². The number of ether oxygens (including phenoxy) is 1. The Kier molecular flexibility index (Phi) is 5.15. The van der Waals surface area contributed by atoms with Crippen LogP contribution in [0.2, 0.25) is 5.02 Å². The third-order valence-corrected chi connectivity index (χ3v) is 3.32. The van der Waals surface area contributed by atoms with Crippen LogP contribution in [0.25, 0.3) is 0 Å². The fourth-order valence-corrected chi connectivity index (χ4v) is 2.03. The Balaban J connectivity index is 2.10. The van der Waals surface area contributed by atoms with Gasteiger partial charge in [-0.1, -0.05) is 23.7 Å². The zero-order chi connectivity index (χ0) is 17.0. The first-order chi connectivity index (χ1) is 10.8. The van der Waals surface area contributed by atoms with Gasteiger partial charge in [0.1, 0.15) is 5.75 Å². The van der Waals surface area contributed by atoms with Crippen LogP contribution in [-0.4, -0.2) is 17.2 Å².